The Morgan fingerprint density at radius 2 is 1.56 bits per heavy atom. The average Bonchev–Trinajstić information content (AvgIpc) is 2.89. The topological polar surface area (TPSA) is 69.3 Å². The predicted molar refractivity (Wildman–Crippen MR) is 150 cm³/mol. The Labute approximate surface area is 213 Å². The summed E-state index contributed by atoms with van der Waals surface area (Å²) in [5.74, 6) is 0.912. The van der Waals surface area contributed by atoms with Gasteiger partial charge in [0.15, 0.2) is 0 Å². The zero-order valence-electron chi connectivity index (χ0n) is 21.3. The lowest BCUT2D eigenvalue weighted by Crippen LogP contribution is -2.45. The molecule has 3 aromatic carbocycles. The molecular formula is C30H35N5O. The van der Waals surface area contributed by atoms with Gasteiger partial charge in [0.25, 0.3) is 0 Å². The van der Waals surface area contributed by atoms with Crippen molar-refractivity contribution in [2.75, 3.05) is 24.3 Å². The minimum Gasteiger partial charge on any atom is -0.377 e. The van der Waals surface area contributed by atoms with Crippen molar-refractivity contribution in [3.63, 3.8) is 0 Å². The van der Waals surface area contributed by atoms with Crippen LogP contribution in [0.2, 0.25) is 0 Å². The molecule has 1 aliphatic rings. The van der Waals surface area contributed by atoms with Gasteiger partial charge in [0, 0.05) is 43.3 Å². The van der Waals surface area contributed by atoms with Gasteiger partial charge in [-0.2, -0.15) is 0 Å². The molecule has 6 nitrogen and oxygen atoms in total. The number of fused-ring (bicyclic) bond motifs is 2. The van der Waals surface area contributed by atoms with Crippen LogP contribution in [-0.4, -0.2) is 37.2 Å². The van der Waals surface area contributed by atoms with Gasteiger partial charge in [-0.25, -0.2) is 9.78 Å². The van der Waals surface area contributed by atoms with Crippen molar-refractivity contribution < 1.29 is 4.79 Å². The number of rotatable bonds is 6. The third-order valence-corrected chi connectivity index (χ3v) is 7.23. The van der Waals surface area contributed by atoms with Gasteiger partial charge in [-0.15, -0.1) is 0 Å². The SMILES string of the molecule is CC(NC(=O)NC1CCC(Nc2cc(N(C)C)c3ccccc3n2)CC1)c1cccc2ccccc12. The normalized spacial score (nSPS) is 18.5. The van der Waals surface area contributed by atoms with Crippen LogP contribution in [0, 0.1) is 0 Å². The van der Waals surface area contributed by atoms with Crippen LogP contribution >= 0.6 is 0 Å². The monoisotopic (exact) mass is 481 g/mol. The van der Waals surface area contributed by atoms with Crippen molar-refractivity contribution in [1.82, 2.24) is 15.6 Å². The van der Waals surface area contributed by atoms with Gasteiger partial charge < -0.3 is 20.9 Å². The van der Waals surface area contributed by atoms with Gasteiger partial charge in [0.1, 0.15) is 5.82 Å². The van der Waals surface area contributed by atoms with Gasteiger partial charge >= 0.3 is 6.03 Å². The molecule has 6 heteroatoms. The summed E-state index contributed by atoms with van der Waals surface area (Å²) in [6.07, 6.45) is 3.88. The standard InChI is InChI=1S/C30H35N5O/c1-20(24-13-8-10-21-9-4-5-11-25(21)24)31-30(36)33-23-17-15-22(16-18-23)32-29-19-28(35(2)3)26-12-6-7-14-27(26)34-29/h4-14,19-20,22-23H,15-18H2,1-3H3,(H,32,34)(H2,31,33,36). The summed E-state index contributed by atoms with van der Waals surface area (Å²) >= 11 is 0. The second-order valence-electron chi connectivity index (χ2n) is 10.0. The van der Waals surface area contributed by atoms with Gasteiger partial charge in [-0.05, 0) is 55.0 Å². The van der Waals surface area contributed by atoms with Crippen molar-refractivity contribution in [2.45, 2.75) is 50.7 Å². The second kappa shape index (κ2) is 10.4. The first kappa shape index (κ1) is 23.9. The number of benzene rings is 3. The molecular weight excluding hydrogens is 446 g/mol. The fraction of sp³-hybridized carbons (Fsp3) is 0.333. The van der Waals surface area contributed by atoms with Gasteiger partial charge in [0.2, 0.25) is 0 Å². The highest BCUT2D eigenvalue weighted by atomic mass is 16.2. The zero-order valence-corrected chi connectivity index (χ0v) is 21.3. The summed E-state index contributed by atoms with van der Waals surface area (Å²) in [7, 11) is 4.13. The number of nitrogens with one attached hydrogen (secondary N) is 3. The second-order valence-corrected chi connectivity index (χ2v) is 10.0. The van der Waals surface area contributed by atoms with Crippen LogP contribution in [0.5, 0.6) is 0 Å². The van der Waals surface area contributed by atoms with Crippen molar-refractivity contribution in [3.05, 3.63) is 78.4 Å². The van der Waals surface area contributed by atoms with E-state index in [1.165, 1.54) is 10.8 Å². The number of para-hydroxylation sites is 1. The number of amides is 2. The lowest BCUT2D eigenvalue weighted by atomic mass is 9.91. The van der Waals surface area contributed by atoms with E-state index in [0.717, 1.165) is 53.7 Å². The van der Waals surface area contributed by atoms with Crippen LogP contribution in [-0.2, 0) is 0 Å². The Hall–Kier alpha value is -3.80. The summed E-state index contributed by atoms with van der Waals surface area (Å²) in [6.45, 7) is 2.04. The van der Waals surface area contributed by atoms with Crippen molar-refractivity contribution in [2.24, 2.45) is 0 Å². The van der Waals surface area contributed by atoms with E-state index in [4.69, 9.17) is 4.98 Å². The van der Waals surface area contributed by atoms with E-state index in [2.05, 4.69) is 83.5 Å². The Morgan fingerprint density at radius 1 is 0.889 bits per heavy atom. The number of urea groups is 1. The Balaban J connectivity index is 1.16. The van der Waals surface area contributed by atoms with E-state index >= 15 is 0 Å². The molecule has 1 unspecified atom stereocenters. The lowest BCUT2D eigenvalue weighted by molar-refractivity contribution is 0.229. The molecule has 36 heavy (non-hydrogen) atoms. The zero-order chi connectivity index (χ0) is 25.1. The molecule has 186 valence electrons. The summed E-state index contributed by atoms with van der Waals surface area (Å²) in [5.41, 5.74) is 3.30. The maximum atomic E-state index is 12.8. The summed E-state index contributed by atoms with van der Waals surface area (Å²) in [4.78, 5) is 19.8. The smallest absolute Gasteiger partial charge is 0.315 e. The first-order valence-electron chi connectivity index (χ1n) is 12.9. The van der Waals surface area contributed by atoms with E-state index in [-0.39, 0.29) is 18.1 Å². The highest BCUT2D eigenvalue weighted by molar-refractivity contribution is 5.93. The summed E-state index contributed by atoms with van der Waals surface area (Å²) in [5, 5.41) is 13.5. The summed E-state index contributed by atoms with van der Waals surface area (Å²) < 4.78 is 0. The fourth-order valence-electron chi connectivity index (χ4n) is 5.32. The predicted octanol–water partition coefficient (Wildman–Crippen LogP) is 6.24. The number of hydrogen-bond acceptors (Lipinski definition) is 4. The van der Waals surface area contributed by atoms with Gasteiger partial charge in [0.05, 0.1) is 11.6 Å². The first-order chi connectivity index (χ1) is 17.5. The molecule has 0 aliphatic heterocycles. The van der Waals surface area contributed by atoms with E-state index in [1.807, 2.05) is 31.2 Å². The maximum Gasteiger partial charge on any atom is 0.315 e. The van der Waals surface area contributed by atoms with E-state index in [0.29, 0.717) is 6.04 Å². The third-order valence-electron chi connectivity index (χ3n) is 7.23. The highest BCUT2D eigenvalue weighted by Gasteiger charge is 2.24. The van der Waals surface area contributed by atoms with E-state index in [9.17, 15) is 4.79 Å². The molecule has 1 fully saturated rings. The van der Waals surface area contributed by atoms with E-state index in [1.54, 1.807) is 0 Å². The summed E-state index contributed by atoms with van der Waals surface area (Å²) in [6, 6.07) is 25.3. The molecule has 3 N–H and O–H groups in total. The first-order valence-corrected chi connectivity index (χ1v) is 12.9. The minimum absolute atomic E-state index is 0.0704. The van der Waals surface area contributed by atoms with Crippen LogP contribution in [0.15, 0.2) is 72.8 Å². The number of carbonyl (C=O) groups is 1. The molecule has 1 aliphatic carbocycles. The van der Waals surface area contributed by atoms with Gasteiger partial charge in [-0.1, -0.05) is 60.7 Å². The number of pyridine rings is 1. The fourth-order valence-corrected chi connectivity index (χ4v) is 5.32. The molecule has 1 saturated carbocycles. The molecule has 5 rings (SSSR count). The molecule has 0 spiro atoms. The molecule has 1 atom stereocenters. The molecule has 2 amide bonds. The maximum absolute atomic E-state index is 12.8. The molecule has 0 saturated heterocycles. The Bertz CT molecular complexity index is 1350. The Morgan fingerprint density at radius 3 is 2.33 bits per heavy atom. The van der Waals surface area contributed by atoms with Crippen LogP contribution in [0.4, 0.5) is 16.3 Å². The minimum atomic E-state index is -0.0985. The Kier molecular flexibility index (Phi) is 6.94. The van der Waals surface area contributed by atoms with Crippen LogP contribution in [0.3, 0.4) is 0 Å². The molecule has 4 aromatic rings. The number of aromatic nitrogens is 1. The van der Waals surface area contributed by atoms with Crippen molar-refractivity contribution >= 4 is 39.2 Å². The largest absolute Gasteiger partial charge is 0.377 e. The highest BCUT2D eigenvalue weighted by Crippen LogP contribution is 2.29. The molecule has 1 aromatic heterocycles. The molecule has 0 radical (unpaired) electrons. The van der Waals surface area contributed by atoms with Crippen LogP contribution < -0.4 is 20.9 Å². The number of hydrogen-bond donors (Lipinski definition) is 3. The third kappa shape index (κ3) is 5.23. The number of carbonyl (C=O) groups excluding carboxylic acids is 1. The number of anilines is 2. The average molecular weight is 482 g/mol. The van der Waals surface area contributed by atoms with Gasteiger partial charge in [-0.3, -0.25) is 0 Å². The van der Waals surface area contributed by atoms with Crippen LogP contribution in [0.1, 0.15) is 44.2 Å². The number of nitrogens with zero attached hydrogens (tertiary/aromatic N) is 2. The van der Waals surface area contributed by atoms with Crippen molar-refractivity contribution in [3.8, 4) is 0 Å². The molecule has 0 bridgehead atoms. The van der Waals surface area contributed by atoms with E-state index < -0.39 is 0 Å². The van der Waals surface area contributed by atoms with Crippen molar-refractivity contribution in [1.29, 1.82) is 0 Å². The van der Waals surface area contributed by atoms with Crippen LogP contribution in [0.25, 0.3) is 21.7 Å². The quantitative estimate of drug-likeness (QED) is 0.305. The molecule has 1 heterocycles. The lowest BCUT2D eigenvalue weighted by Gasteiger charge is -2.30.